The molecule has 288 valence electrons. The number of carboxylic acids is 1. The quantitative estimate of drug-likeness (QED) is 0.0250. The molecule has 0 aromatic heterocycles. The zero-order valence-electron chi connectivity index (χ0n) is 30.7. The van der Waals surface area contributed by atoms with Gasteiger partial charge in [0.15, 0.2) is 6.10 Å². The van der Waals surface area contributed by atoms with E-state index < -0.39 is 51.1 Å². The van der Waals surface area contributed by atoms with Crippen molar-refractivity contribution in [3.63, 3.8) is 0 Å². The zero-order valence-corrected chi connectivity index (χ0v) is 31.6. The Hall–Kier alpha value is -2.56. The van der Waals surface area contributed by atoms with Gasteiger partial charge in [-0.05, 0) is 57.8 Å². The van der Waals surface area contributed by atoms with Gasteiger partial charge in [0, 0.05) is 12.8 Å². The van der Waals surface area contributed by atoms with Crippen LogP contribution in [-0.2, 0) is 37.5 Å². The van der Waals surface area contributed by atoms with E-state index in [9.17, 15) is 23.8 Å². The average Bonchev–Trinajstić information content (AvgIpc) is 3.09. The van der Waals surface area contributed by atoms with Crippen molar-refractivity contribution >= 4 is 25.7 Å². The summed E-state index contributed by atoms with van der Waals surface area (Å²) in [5, 5.41) is 8.84. The largest absolute Gasteiger partial charge is 0.480 e. The lowest BCUT2D eigenvalue weighted by Crippen LogP contribution is -2.34. The molecule has 0 aromatic carbocycles. The van der Waals surface area contributed by atoms with Crippen molar-refractivity contribution < 1.29 is 47.5 Å². The monoisotopic (exact) mass is 727 g/mol. The molecular weight excluding hydrogens is 661 g/mol. The van der Waals surface area contributed by atoms with Gasteiger partial charge >= 0.3 is 25.7 Å². The third-order valence-electron chi connectivity index (χ3n) is 7.58. The summed E-state index contributed by atoms with van der Waals surface area (Å²) < 4.78 is 32.4. The molecule has 0 saturated heterocycles. The number of carbonyl (C=O) groups is 3. The van der Waals surface area contributed by atoms with Crippen molar-refractivity contribution in [2.24, 2.45) is 5.73 Å². The average molecular weight is 728 g/mol. The van der Waals surface area contributed by atoms with Crippen LogP contribution in [0.25, 0.3) is 0 Å². The van der Waals surface area contributed by atoms with Gasteiger partial charge < -0.3 is 25.2 Å². The molecule has 0 bridgehead atoms. The Morgan fingerprint density at radius 1 is 0.620 bits per heavy atom. The number of carboxylic acid groups (broad SMARTS) is 1. The minimum absolute atomic E-state index is 0.123. The van der Waals surface area contributed by atoms with E-state index in [0.717, 1.165) is 57.8 Å². The van der Waals surface area contributed by atoms with Crippen molar-refractivity contribution in [2.75, 3.05) is 19.8 Å². The molecule has 0 heterocycles. The number of ether oxygens (including phenoxy) is 2. The number of phosphoric ester groups is 1. The van der Waals surface area contributed by atoms with Gasteiger partial charge in [-0.2, -0.15) is 0 Å². The predicted molar refractivity (Wildman–Crippen MR) is 198 cm³/mol. The van der Waals surface area contributed by atoms with Crippen molar-refractivity contribution in [1.82, 2.24) is 0 Å². The van der Waals surface area contributed by atoms with E-state index in [-0.39, 0.29) is 19.4 Å². The minimum atomic E-state index is -4.71. The maximum Gasteiger partial charge on any atom is 0.472 e. The van der Waals surface area contributed by atoms with Gasteiger partial charge in [0.2, 0.25) is 0 Å². The van der Waals surface area contributed by atoms with Gasteiger partial charge in [-0.1, -0.05) is 120 Å². The molecule has 0 fully saturated rings. The molecule has 1 unspecified atom stereocenters. The van der Waals surface area contributed by atoms with Crippen LogP contribution in [0.5, 0.6) is 0 Å². The molecule has 0 spiro atoms. The number of nitrogens with two attached hydrogens (primary N) is 1. The van der Waals surface area contributed by atoms with Gasteiger partial charge in [0.05, 0.1) is 13.2 Å². The van der Waals surface area contributed by atoms with Crippen molar-refractivity contribution in [1.29, 1.82) is 0 Å². The molecule has 50 heavy (non-hydrogen) atoms. The highest BCUT2D eigenvalue weighted by Crippen LogP contribution is 2.43. The smallest absolute Gasteiger partial charge is 0.472 e. The lowest BCUT2D eigenvalue weighted by atomic mass is 10.1. The van der Waals surface area contributed by atoms with Crippen LogP contribution in [0.1, 0.15) is 142 Å². The highest BCUT2D eigenvalue weighted by atomic mass is 31.2. The lowest BCUT2D eigenvalue weighted by molar-refractivity contribution is -0.161. The summed E-state index contributed by atoms with van der Waals surface area (Å²) in [6.45, 7) is 2.65. The van der Waals surface area contributed by atoms with E-state index in [0.29, 0.717) is 12.8 Å². The SMILES string of the molecule is CCCCC/C=C/C/C=C/C/C=C/C/C=C/CCCCCC(=O)O[C@@H](COC(=O)CCCCCCCCC)COP(=O)(O)OC[C@H](N)C(=O)O. The maximum atomic E-state index is 12.5. The van der Waals surface area contributed by atoms with Crippen LogP contribution in [0, 0.1) is 0 Å². The molecule has 0 aromatic rings. The topological polar surface area (TPSA) is 172 Å². The summed E-state index contributed by atoms with van der Waals surface area (Å²) in [6.07, 6.45) is 34.9. The number of phosphoric acid groups is 1. The Morgan fingerprint density at radius 3 is 1.62 bits per heavy atom. The number of carbonyl (C=O) groups excluding carboxylic acids is 2. The van der Waals surface area contributed by atoms with Crippen LogP contribution in [0.4, 0.5) is 0 Å². The molecule has 4 N–H and O–H groups in total. The fourth-order valence-electron chi connectivity index (χ4n) is 4.58. The standard InChI is InChI=1S/C38H66NO10P/c1-3-5-7-9-11-12-13-14-15-16-17-18-19-20-21-22-24-26-28-30-37(41)49-34(32-47-50(44,45)48-33-35(39)38(42)43)31-46-36(40)29-27-25-23-10-8-6-4-2/h11-12,14-15,17-18,20-21,34-35H,3-10,13,16,19,22-33,39H2,1-2H3,(H,42,43)(H,44,45)/b12-11+,15-14+,18-17+,21-20+/t34-,35-/m0/s1. The Labute approximate surface area is 301 Å². The van der Waals surface area contributed by atoms with Crippen LogP contribution in [0.3, 0.4) is 0 Å². The fraction of sp³-hybridized carbons (Fsp3) is 0.711. The second-order valence-electron chi connectivity index (χ2n) is 12.4. The molecule has 0 aliphatic heterocycles. The number of allylic oxidation sites excluding steroid dienone is 8. The molecule has 0 saturated carbocycles. The van der Waals surface area contributed by atoms with Crippen LogP contribution in [0.15, 0.2) is 48.6 Å². The first-order valence-electron chi connectivity index (χ1n) is 18.7. The second-order valence-corrected chi connectivity index (χ2v) is 13.8. The number of aliphatic carboxylic acids is 1. The van der Waals surface area contributed by atoms with Gasteiger partial charge in [-0.3, -0.25) is 23.4 Å². The second kappa shape index (κ2) is 33.6. The molecule has 0 amide bonds. The van der Waals surface area contributed by atoms with E-state index in [1.165, 1.54) is 44.9 Å². The zero-order chi connectivity index (χ0) is 37.1. The third kappa shape index (κ3) is 32.6. The van der Waals surface area contributed by atoms with E-state index in [1.807, 2.05) is 0 Å². The number of esters is 2. The number of rotatable bonds is 34. The normalized spacial score (nSPS) is 14.5. The predicted octanol–water partition coefficient (Wildman–Crippen LogP) is 9.05. The van der Waals surface area contributed by atoms with Crippen LogP contribution in [0.2, 0.25) is 0 Å². The van der Waals surface area contributed by atoms with Crippen molar-refractivity contribution in [2.45, 2.75) is 154 Å². The van der Waals surface area contributed by atoms with E-state index >= 15 is 0 Å². The third-order valence-corrected chi connectivity index (χ3v) is 8.53. The summed E-state index contributed by atoms with van der Waals surface area (Å²) in [7, 11) is -4.71. The van der Waals surface area contributed by atoms with E-state index in [4.69, 9.17) is 24.8 Å². The minimum Gasteiger partial charge on any atom is -0.480 e. The molecule has 11 nitrogen and oxygen atoms in total. The molecular formula is C38H66NO10P. The van der Waals surface area contributed by atoms with E-state index in [2.05, 4.69) is 67.0 Å². The first-order valence-corrected chi connectivity index (χ1v) is 20.2. The Balaban J connectivity index is 4.45. The maximum absolute atomic E-state index is 12.5. The van der Waals surface area contributed by atoms with Gasteiger partial charge in [-0.25, -0.2) is 4.57 Å². The molecule has 12 heteroatoms. The number of hydrogen-bond donors (Lipinski definition) is 3. The molecule has 3 atom stereocenters. The van der Waals surface area contributed by atoms with Crippen LogP contribution in [-0.4, -0.2) is 59.9 Å². The number of unbranched alkanes of at least 4 members (excludes halogenated alkanes) is 12. The summed E-state index contributed by atoms with van der Waals surface area (Å²) in [4.78, 5) is 45.5. The van der Waals surface area contributed by atoms with Gasteiger partial charge in [0.1, 0.15) is 12.6 Å². The summed E-state index contributed by atoms with van der Waals surface area (Å²) in [6, 6.07) is -1.53. The lowest BCUT2D eigenvalue weighted by Gasteiger charge is -2.20. The first kappa shape index (κ1) is 47.4. The molecule has 0 aliphatic rings. The van der Waals surface area contributed by atoms with Crippen LogP contribution < -0.4 is 5.73 Å². The van der Waals surface area contributed by atoms with Crippen molar-refractivity contribution in [3.8, 4) is 0 Å². The number of hydrogen-bond acceptors (Lipinski definition) is 9. The Morgan fingerprint density at radius 2 is 1.06 bits per heavy atom. The van der Waals surface area contributed by atoms with E-state index in [1.54, 1.807) is 0 Å². The summed E-state index contributed by atoms with van der Waals surface area (Å²) >= 11 is 0. The fourth-order valence-corrected chi connectivity index (χ4v) is 5.35. The molecule has 0 rings (SSSR count). The summed E-state index contributed by atoms with van der Waals surface area (Å²) in [5.74, 6) is -2.43. The van der Waals surface area contributed by atoms with Crippen molar-refractivity contribution in [3.05, 3.63) is 48.6 Å². The summed E-state index contributed by atoms with van der Waals surface area (Å²) in [5.41, 5.74) is 5.30. The van der Waals surface area contributed by atoms with Gasteiger partial charge in [0.25, 0.3) is 0 Å². The highest BCUT2D eigenvalue weighted by Gasteiger charge is 2.28. The molecule has 0 radical (unpaired) electrons. The Bertz CT molecular complexity index is 1040. The highest BCUT2D eigenvalue weighted by molar-refractivity contribution is 7.47. The Kier molecular flexibility index (Phi) is 31.9. The van der Waals surface area contributed by atoms with Crippen LogP contribution >= 0.6 is 7.82 Å². The first-order chi connectivity index (χ1) is 24.1. The van der Waals surface area contributed by atoms with Gasteiger partial charge in [-0.15, -0.1) is 0 Å². The molecule has 0 aliphatic carbocycles.